The highest BCUT2D eigenvalue weighted by atomic mass is 32.2. The van der Waals surface area contributed by atoms with Crippen LogP contribution in [0.3, 0.4) is 0 Å². The highest BCUT2D eigenvalue weighted by Gasteiger charge is 2.28. The first-order chi connectivity index (χ1) is 9.59. The number of nitrogens with one attached hydrogen (secondary N) is 1. The van der Waals surface area contributed by atoms with Gasteiger partial charge in [0.2, 0.25) is 10.0 Å². The average Bonchev–Trinajstić information content (AvgIpc) is 2.36. The molecule has 0 radical (unpaired) electrons. The number of aliphatic hydroxyl groups is 1. The van der Waals surface area contributed by atoms with Gasteiger partial charge >= 0.3 is 0 Å². The molecule has 0 saturated heterocycles. The zero-order chi connectivity index (χ0) is 16.3. The van der Waals surface area contributed by atoms with Crippen molar-refractivity contribution in [2.45, 2.75) is 25.2 Å². The first kappa shape index (κ1) is 17.5. The van der Waals surface area contributed by atoms with Crippen molar-refractivity contribution < 1.29 is 22.8 Å². The summed E-state index contributed by atoms with van der Waals surface area (Å²) < 4.78 is 39.5. The van der Waals surface area contributed by atoms with Gasteiger partial charge in [0.05, 0.1) is 11.0 Å². The van der Waals surface area contributed by atoms with Gasteiger partial charge in [0.25, 0.3) is 5.69 Å². The summed E-state index contributed by atoms with van der Waals surface area (Å²) in [6.45, 7) is 3.37. The lowest BCUT2D eigenvalue weighted by Gasteiger charge is -2.23. The molecule has 0 saturated carbocycles. The van der Waals surface area contributed by atoms with Gasteiger partial charge in [0.15, 0.2) is 4.90 Å². The summed E-state index contributed by atoms with van der Waals surface area (Å²) in [5.41, 5.74) is -1.33. The van der Waals surface area contributed by atoms with E-state index in [-0.39, 0.29) is 13.2 Å². The molecule has 7 nitrogen and oxygen atoms in total. The molecule has 0 spiro atoms. The van der Waals surface area contributed by atoms with Gasteiger partial charge in [-0.1, -0.05) is 13.8 Å². The molecular weight excluding hydrogens is 303 g/mol. The summed E-state index contributed by atoms with van der Waals surface area (Å²) in [5, 5.41) is 19.7. The van der Waals surface area contributed by atoms with Crippen molar-refractivity contribution >= 4 is 15.7 Å². The smallest absolute Gasteiger partial charge is 0.292 e. The van der Waals surface area contributed by atoms with Crippen LogP contribution < -0.4 is 4.72 Å². The Morgan fingerprint density at radius 3 is 2.57 bits per heavy atom. The molecule has 0 amide bonds. The normalized spacial score (nSPS) is 12.4. The van der Waals surface area contributed by atoms with E-state index in [2.05, 4.69) is 4.72 Å². The van der Waals surface area contributed by atoms with E-state index in [1.54, 1.807) is 13.8 Å². The molecule has 0 bridgehead atoms. The van der Waals surface area contributed by atoms with Crippen LogP contribution in [-0.2, 0) is 10.0 Å². The number of aliphatic hydroxyl groups excluding tert-OH is 1. The number of halogens is 1. The van der Waals surface area contributed by atoms with Crippen molar-refractivity contribution in [3.05, 3.63) is 34.1 Å². The van der Waals surface area contributed by atoms with E-state index < -0.39 is 36.8 Å². The molecule has 1 aromatic rings. The third-order valence-electron chi connectivity index (χ3n) is 2.94. The van der Waals surface area contributed by atoms with Crippen molar-refractivity contribution in [3.8, 4) is 0 Å². The molecular formula is C12H17FN2O5S. The van der Waals surface area contributed by atoms with Crippen molar-refractivity contribution in [1.29, 1.82) is 0 Å². The fraction of sp³-hybridized carbons (Fsp3) is 0.500. The molecule has 0 aliphatic carbocycles. The third-order valence-corrected chi connectivity index (χ3v) is 4.39. The summed E-state index contributed by atoms with van der Waals surface area (Å²) in [6, 6.07) is 2.27. The number of benzene rings is 1. The predicted molar refractivity (Wildman–Crippen MR) is 73.7 cm³/mol. The Labute approximate surface area is 122 Å². The third kappa shape index (κ3) is 4.73. The van der Waals surface area contributed by atoms with E-state index in [0.717, 1.165) is 12.1 Å². The van der Waals surface area contributed by atoms with Crippen LogP contribution in [0.1, 0.15) is 20.3 Å². The van der Waals surface area contributed by atoms with Crippen LogP contribution in [0, 0.1) is 21.3 Å². The Balaban J connectivity index is 3.07. The maximum absolute atomic E-state index is 13.0. The van der Waals surface area contributed by atoms with Gasteiger partial charge in [0.1, 0.15) is 5.82 Å². The van der Waals surface area contributed by atoms with Gasteiger partial charge in [-0.3, -0.25) is 10.1 Å². The lowest BCUT2D eigenvalue weighted by atomic mass is 9.90. The van der Waals surface area contributed by atoms with Crippen LogP contribution in [-0.4, -0.2) is 31.6 Å². The summed E-state index contributed by atoms with van der Waals surface area (Å²) in [6.07, 6.45) is 0.362. The lowest BCUT2D eigenvalue weighted by Crippen LogP contribution is -2.34. The monoisotopic (exact) mass is 320 g/mol. The van der Waals surface area contributed by atoms with E-state index in [9.17, 15) is 22.9 Å². The number of nitro groups is 1. The summed E-state index contributed by atoms with van der Waals surface area (Å²) in [4.78, 5) is 9.30. The quantitative estimate of drug-likeness (QED) is 0.583. The Hall–Kier alpha value is -1.58. The van der Waals surface area contributed by atoms with Gasteiger partial charge in [-0.2, -0.15) is 0 Å². The summed E-state index contributed by atoms with van der Waals surface area (Å²) in [7, 11) is -4.14. The van der Waals surface area contributed by atoms with E-state index in [1.165, 1.54) is 0 Å². The van der Waals surface area contributed by atoms with Crippen molar-refractivity contribution in [3.63, 3.8) is 0 Å². The SMILES string of the molecule is CC(C)(CCO)CNS(=O)(=O)c1ccc(F)cc1[N+](=O)[O-]. The Morgan fingerprint density at radius 1 is 1.43 bits per heavy atom. The van der Waals surface area contributed by atoms with Crippen LogP contribution in [0.4, 0.5) is 10.1 Å². The summed E-state index contributed by atoms with van der Waals surface area (Å²) >= 11 is 0. The predicted octanol–water partition coefficient (Wildman–Crippen LogP) is 1.42. The minimum absolute atomic E-state index is 0.00950. The van der Waals surface area contributed by atoms with E-state index in [0.29, 0.717) is 12.5 Å². The number of nitro benzene ring substituents is 1. The Kier molecular flexibility index (Phi) is 5.37. The van der Waals surface area contributed by atoms with E-state index in [4.69, 9.17) is 5.11 Å². The second-order valence-corrected chi connectivity index (χ2v) is 7.07. The van der Waals surface area contributed by atoms with Gasteiger partial charge in [-0.05, 0) is 24.0 Å². The fourth-order valence-corrected chi connectivity index (χ4v) is 3.01. The summed E-state index contributed by atoms with van der Waals surface area (Å²) in [5.74, 6) is -0.888. The number of rotatable bonds is 7. The van der Waals surface area contributed by atoms with Crippen LogP contribution >= 0.6 is 0 Å². The van der Waals surface area contributed by atoms with Crippen LogP contribution in [0.5, 0.6) is 0 Å². The second-order valence-electron chi connectivity index (χ2n) is 5.33. The molecule has 0 aliphatic heterocycles. The zero-order valence-electron chi connectivity index (χ0n) is 11.7. The molecule has 0 unspecified atom stereocenters. The number of sulfonamides is 1. The molecule has 21 heavy (non-hydrogen) atoms. The molecule has 0 aromatic heterocycles. The molecule has 0 heterocycles. The van der Waals surface area contributed by atoms with Crippen molar-refractivity contribution in [2.75, 3.05) is 13.2 Å². The van der Waals surface area contributed by atoms with E-state index in [1.807, 2.05) is 0 Å². The molecule has 0 aliphatic rings. The number of hydrogen-bond acceptors (Lipinski definition) is 5. The highest BCUT2D eigenvalue weighted by molar-refractivity contribution is 7.89. The minimum atomic E-state index is -4.14. The van der Waals surface area contributed by atoms with Crippen LogP contribution in [0.2, 0.25) is 0 Å². The topological polar surface area (TPSA) is 110 Å². The van der Waals surface area contributed by atoms with Crippen molar-refractivity contribution in [2.24, 2.45) is 5.41 Å². The molecule has 0 atom stereocenters. The van der Waals surface area contributed by atoms with Gasteiger partial charge < -0.3 is 5.11 Å². The van der Waals surface area contributed by atoms with Gasteiger partial charge in [-0.25, -0.2) is 17.5 Å². The van der Waals surface area contributed by atoms with E-state index >= 15 is 0 Å². The fourth-order valence-electron chi connectivity index (χ4n) is 1.62. The minimum Gasteiger partial charge on any atom is -0.396 e. The molecule has 1 rings (SSSR count). The first-order valence-corrected chi connectivity index (χ1v) is 7.62. The van der Waals surface area contributed by atoms with Crippen molar-refractivity contribution in [1.82, 2.24) is 4.72 Å². The molecule has 0 fully saturated rings. The Morgan fingerprint density at radius 2 is 2.05 bits per heavy atom. The van der Waals surface area contributed by atoms with Gasteiger partial charge in [0, 0.05) is 13.2 Å². The molecule has 9 heteroatoms. The second kappa shape index (κ2) is 6.46. The largest absolute Gasteiger partial charge is 0.396 e. The number of nitrogens with zero attached hydrogens (tertiary/aromatic N) is 1. The standard InChI is InChI=1S/C12H17FN2O5S/c1-12(2,5-6-16)8-14-21(19,20)11-4-3-9(13)7-10(11)15(17)18/h3-4,7,14,16H,5-6,8H2,1-2H3. The van der Waals surface area contributed by atoms with Crippen LogP contribution in [0.25, 0.3) is 0 Å². The number of hydrogen-bond donors (Lipinski definition) is 2. The Bertz CT molecular complexity index is 631. The van der Waals surface area contributed by atoms with Crippen LogP contribution in [0.15, 0.2) is 23.1 Å². The lowest BCUT2D eigenvalue weighted by molar-refractivity contribution is -0.388. The molecule has 2 N–H and O–H groups in total. The molecule has 1 aromatic carbocycles. The molecule has 118 valence electrons. The zero-order valence-corrected chi connectivity index (χ0v) is 12.5. The maximum Gasteiger partial charge on any atom is 0.292 e. The average molecular weight is 320 g/mol. The maximum atomic E-state index is 13.0. The first-order valence-electron chi connectivity index (χ1n) is 6.13. The van der Waals surface area contributed by atoms with Gasteiger partial charge in [-0.15, -0.1) is 0 Å². The highest BCUT2D eigenvalue weighted by Crippen LogP contribution is 2.25.